The number of hydrogen-bond acceptors (Lipinski definition) is 5. The number of nitrogens with one attached hydrogen (secondary N) is 1. The Labute approximate surface area is 158 Å². The van der Waals surface area contributed by atoms with Crippen LogP contribution in [0.5, 0.6) is 11.5 Å². The summed E-state index contributed by atoms with van der Waals surface area (Å²) in [6.45, 7) is 2.03. The van der Waals surface area contributed by atoms with E-state index in [0.29, 0.717) is 18.0 Å². The van der Waals surface area contributed by atoms with Crippen LogP contribution in [0.3, 0.4) is 0 Å². The van der Waals surface area contributed by atoms with Gasteiger partial charge in [0.15, 0.2) is 18.1 Å². The molecule has 2 aromatic carbocycles. The van der Waals surface area contributed by atoms with Gasteiger partial charge in [0.05, 0.1) is 14.2 Å². The van der Waals surface area contributed by atoms with E-state index in [4.69, 9.17) is 14.2 Å². The monoisotopic (exact) mass is 369 g/mol. The fraction of sp³-hybridized carbons (Fsp3) is 0.238. The van der Waals surface area contributed by atoms with Crippen LogP contribution in [0.4, 0.5) is 0 Å². The van der Waals surface area contributed by atoms with Crippen LogP contribution in [0.2, 0.25) is 0 Å². The first kappa shape index (κ1) is 20.0. The van der Waals surface area contributed by atoms with Gasteiger partial charge in [-0.05, 0) is 41.8 Å². The number of hydrogen-bond donors (Lipinski definition) is 1. The molecule has 1 N–H and O–H groups in total. The summed E-state index contributed by atoms with van der Waals surface area (Å²) in [6.07, 6.45) is 2.84. The van der Waals surface area contributed by atoms with E-state index in [9.17, 15) is 9.59 Å². The van der Waals surface area contributed by atoms with Crippen LogP contribution in [0.1, 0.15) is 16.7 Å². The van der Waals surface area contributed by atoms with Gasteiger partial charge in [-0.15, -0.1) is 0 Å². The molecule has 0 radical (unpaired) electrons. The molecular weight excluding hydrogens is 346 g/mol. The maximum atomic E-state index is 11.8. The Morgan fingerprint density at radius 1 is 1.04 bits per heavy atom. The van der Waals surface area contributed by atoms with E-state index in [1.54, 1.807) is 31.4 Å². The second kappa shape index (κ2) is 10.0. The molecule has 2 aromatic rings. The Morgan fingerprint density at radius 2 is 1.78 bits per heavy atom. The SMILES string of the molecule is COc1ccc(/C=C/C(=O)OCC(=O)NCc2ccccc2C)cc1OC. The van der Waals surface area contributed by atoms with Crippen molar-refractivity contribution >= 4 is 18.0 Å². The average molecular weight is 369 g/mol. The molecule has 0 spiro atoms. The number of carbonyl (C=O) groups is 2. The Hall–Kier alpha value is -3.28. The van der Waals surface area contributed by atoms with Crippen LogP contribution in [0.25, 0.3) is 6.08 Å². The molecule has 0 aliphatic carbocycles. The van der Waals surface area contributed by atoms with Crippen LogP contribution in [0.15, 0.2) is 48.5 Å². The van der Waals surface area contributed by atoms with Crippen molar-refractivity contribution in [2.75, 3.05) is 20.8 Å². The molecular formula is C21H23NO5. The quantitative estimate of drug-likeness (QED) is 0.572. The molecule has 0 aromatic heterocycles. The molecule has 6 nitrogen and oxygen atoms in total. The number of benzene rings is 2. The fourth-order valence-electron chi connectivity index (χ4n) is 2.36. The molecule has 1 amide bonds. The third-order valence-corrected chi connectivity index (χ3v) is 3.90. The number of carbonyl (C=O) groups excluding carboxylic acids is 2. The predicted molar refractivity (Wildman–Crippen MR) is 103 cm³/mol. The molecule has 27 heavy (non-hydrogen) atoms. The first-order chi connectivity index (χ1) is 13.0. The first-order valence-corrected chi connectivity index (χ1v) is 8.41. The van der Waals surface area contributed by atoms with E-state index in [1.165, 1.54) is 13.2 Å². The molecule has 0 saturated heterocycles. The summed E-state index contributed by atoms with van der Waals surface area (Å²) in [6, 6.07) is 13.0. The van der Waals surface area contributed by atoms with E-state index in [1.807, 2.05) is 31.2 Å². The summed E-state index contributed by atoms with van der Waals surface area (Å²) < 4.78 is 15.3. The summed E-state index contributed by atoms with van der Waals surface area (Å²) in [5.41, 5.74) is 2.85. The summed E-state index contributed by atoms with van der Waals surface area (Å²) in [4.78, 5) is 23.6. The molecule has 0 aliphatic rings. The molecule has 0 heterocycles. The van der Waals surface area contributed by atoms with Gasteiger partial charge in [0.2, 0.25) is 0 Å². The van der Waals surface area contributed by atoms with Crippen molar-refractivity contribution in [1.29, 1.82) is 0 Å². The third kappa shape index (κ3) is 6.18. The standard InChI is InChI=1S/C21H23NO5/c1-15-6-4-5-7-17(15)13-22-20(23)14-27-21(24)11-9-16-8-10-18(25-2)19(12-16)26-3/h4-12H,13-14H2,1-3H3,(H,22,23)/b11-9+. The van der Waals surface area contributed by atoms with Crippen molar-refractivity contribution in [2.24, 2.45) is 0 Å². The van der Waals surface area contributed by atoms with Crippen LogP contribution in [-0.2, 0) is 20.9 Å². The number of amides is 1. The maximum Gasteiger partial charge on any atom is 0.331 e. The lowest BCUT2D eigenvalue weighted by atomic mass is 10.1. The van der Waals surface area contributed by atoms with Gasteiger partial charge in [0.25, 0.3) is 5.91 Å². The summed E-state index contributed by atoms with van der Waals surface area (Å²) >= 11 is 0. The number of ether oxygens (including phenoxy) is 3. The van der Waals surface area contributed by atoms with Crippen molar-refractivity contribution in [2.45, 2.75) is 13.5 Å². The van der Waals surface area contributed by atoms with Gasteiger partial charge in [-0.2, -0.15) is 0 Å². The highest BCUT2D eigenvalue weighted by Crippen LogP contribution is 2.27. The van der Waals surface area contributed by atoms with Gasteiger partial charge in [-0.1, -0.05) is 30.3 Å². The Balaban J connectivity index is 1.81. The lowest BCUT2D eigenvalue weighted by Crippen LogP contribution is -2.28. The summed E-state index contributed by atoms with van der Waals surface area (Å²) in [5.74, 6) is 0.202. The first-order valence-electron chi connectivity index (χ1n) is 8.41. The molecule has 6 heteroatoms. The van der Waals surface area contributed by atoms with E-state index in [2.05, 4.69) is 5.32 Å². The van der Waals surface area contributed by atoms with Crippen LogP contribution in [0, 0.1) is 6.92 Å². The van der Waals surface area contributed by atoms with Gasteiger partial charge in [-0.25, -0.2) is 4.79 Å². The van der Waals surface area contributed by atoms with Gasteiger partial charge in [-0.3, -0.25) is 4.79 Å². The van der Waals surface area contributed by atoms with Crippen molar-refractivity contribution in [3.8, 4) is 11.5 Å². The zero-order valence-electron chi connectivity index (χ0n) is 15.7. The van der Waals surface area contributed by atoms with Crippen molar-refractivity contribution < 1.29 is 23.8 Å². The van der Waals surface area contributed by atoms with Gasteiger partial charge >= 0.3 is 5.97 Å². The second-order valence-corrected chi connectivity index (χ2v) is 5.76. The van der Waals surface area contributed by atoms with E-state index < -0.39 is 5.97 Å². The lowest BCUT2D eigenvalue weighted by molar-refractivity contribution is -0.143. The van der Waals surface area contributed by atoms with E-state index in [-0.39, 0.29) is 12.5 Å². The largest absolute Gasteiger partial charge is 0.493 e. The molecule has 0 saturated carbocycles. The predicted octanol–water partition coefficient (Wildman–Crippen LogP) is 2.89. The maximum absolute atomic E-state index is 11.8. The third-order valence-electron chi connectivity index (χ3n) is 3.90. The summed E-state index contributed by atoms with van der Waals surface area (Å²) in [5, 5.41) is 2.73. The van der Waals surface area contributed by atoms with Gasteiger partial charge in [0.1, 0.15) is 0 Å². The van der Waals surface area contributed by atoms with Crippen LogP contribution >= 0.6 is 0 Å². The molecule has 0 aliphatic heterocycles. The number of methoxy groups -OCH3 is 2. The zero-order chi connectivity index (χ0) is 19.6. The minimum atomic E-state index is -0.601. The minimum absolute atomic E-state index is 0.332. The lowest BCUT2D eigenvalue weighted by Gasteiger charge is -2.08. The number of rotatable bonds is 8. The molecule has 0 atom stereocenters. The van der Waals surface area contributed by atoms with Crippen LogP contribution in [-0.4, -0.2) is 32.7 Å². The topological polar surface area (TPSA) is 73.9 Å². The molecule has 0 fully saturated rings. The molecule has 2 rings (SSSR count). The second-order valence-electron chi connectivity index (χ2n) is 5.76. The van der Waals surface area contributed by atoms with Crippen molar-refractivity contribution in [3.05, 3.63) is 65.2 Å². The highest BCUT2D eigenvalue weighted by molar-refractivity contribution is 5.89. The highest BCUT2D eigenvalue weighted by atomic mass is 16.5. The normalized spacial score (nSPS) is 10.5. The average Bonchev–Trinajstić information content (AvgIpc) is 2.69. The molecule has 0 unspecified atom stereocenters. The smallest absolute Gasteiger partial charge is 0.331 e. The Kier molecular flexibility index (Phi) is 7.43. The minimum Gasteiger partial charge on any atom is -0.493 e. The molecule has 0 bridgehead atoms. The van der Waals surface area contributed by atoms with Crippen molar-refractivity contribution in [3.63, 3.8) is 0 Å². The zero-order valence-corrected chi connectivity index (χ0v) is 15.7. The van der Waals surface area contributed by atoms with Gasteiger partial charge < -0.3 is 19.5 Å². The van der Waals surface area contributed by atoms with Crippen molar-refractivity contribution in [1.82, 2.24) is 5.32 Å². The van der Waals surface area contributed by atoms with Crippen LogP contribution < -0.4 is 14.8 Å². The number of esters is 1. The number of aryl methyl sites for hydroxylation is 1. The van der Waals surface area contributed by atoms with Gasteiger partial charge in [0, 0.05) is 12.6 Å². The molecule has 142 valence electrons. The fourth-order valence-corrected chi connectivity index (χ4v) is 2.36. The summed E-state index contributed by atoms with van der Waals surface area (Å²) in [7, 11) is 3.09. The Morgan fingerprint density at radius 3 is 2.48 bits per heavy atom. The van der Waals surface area contributed by atoms with E-state index >= 15 is 0 Å². The highest BCUT2D eigenvalue weighted by Gasteiger charge is 2.07. The van der Waals surface area contributed by atoms with E-state index in [0.717, 1.165) is 16.7 Å². The Bertz CT molecular complexity index is 829.